The second-order valence-electron chi connectivity index (χ2n) is 2.95. The van der Waals surface area contributed by atoms with Crippen molar-refractivity contribution in [2.75, 3.05) is 0 Å². The molecule has 0 N–H and O–H groups in total. The molecule has 0 amide bonds. The number of fused-ring (bicyclic) bond motifs is 1. The quantitative estimate of drug-likeness (QED) is 0.438. The normalized spacial score (nSPS) is 10.6. The molecule has 2 rings (SSSR count). The summed E-state index contributed by atoms with van der Waals surface area (Å²) in [6, 6.07) is 3.21. The molecule has 82 valence electrons. The summed E-state index contributed by atoms with van der Waals surface area (Å²) >= 11 is 5.65. The second kappa shape index (κ2) is 3.57. The van der Waals surface area contributed by atoms with Crippen LogP contribution in [-0.4, -0.2) is 4.92 Å². The summed E-state index contributed by atoms with van der Waals surface area (Å²) < 4.78 is 17.5. The molecule has 0 bridgehead atoms. The Morgan fingerprint density at radius 2 is 2.12 bits per heavy atom. The first kappa shape index (κ1) is 10.6. The molecule has 0 atom stereocenters. The molecular weight excluding hydrogens is 241 g/mol. The van der Waals surface area contributed by atoms with Gasteiger partial charge in [0, 0.05) is 5.39 Å². The molecule has 5 nitrogen and oxygen atoms in total. The molecule has 16 heavy (non-hydrogen) atoms. The van der Waals surface area contributed by atoms with E-state index in [-0.39, 0.29) is 11.0 Å². The first-order valence-corrected chi connectivity index (χ1v) is 4.45. The van der Waals surface area contributed by atoms with Gasteiger partial charge in [-0.1, -0.05) is 11.6 Å². The van der Waals surface area contributed by atoms with Crippen molar-refractivity contribution < 1.29 is 13.7 Å². The average Bonchev–Trinajstić information content (AvgIpc) is 2.19. The third-order valence-corrected chi connectivity index (χ3v) is 2.35. The van der Waals surface area contributed by atoms with Gasteiger partial charge in [0.2, 0.25) is 0 Å². The molecule has 0 unspecified atom stereocenters. The molecule has 1 aromatic heterocycles. The molecule has 0 saturated heterocycles. The molecular formula is C9H3ClFNO4. The van der Waals surface area contributed by atoms with Gasteiger partial charge in [0.15, 0.2) is 0 Å². The van der Waals surface area contributed by atoms with Crippen molar-refractivity contribution in [3.05, 3.63) is 49.6 Å². The molecule has 1 aromatic carbocycles. The maximum absolute atomic E-state index is 12.9. The van der Waals surface area contributed by atoms with E-state index >= 15 is 0 Å². The van der Waals surface area contributed by atoms with Crippen LogP contribution in [0.5, 0.6) is 0 Å². The van der Waals surface area contributed by atoms with Gasteiger partial charge in [0.25, 0.3) is 0 Å². The minimum absolute atomic E-state index is 0.00185. The van der Waals surface area contributed by atoms with Crippen molar-refractivity contribution in [3.8, 4) is 0 Å². The van der Waals surface area contributed by atoms with Crippen LogP contribution in [0.15, 0.2) is 27.4 Å². The van der Waals surface area contributed by atoms with Crippen molar-refractivity contribution >= 4 is 28.3 Å². The molecule has 0 aliphatic rings. The van der Waals surface area contributed by atoms with E-state index in [1.807, 2.05) is 0 Å². The summed E-state index contributed by atoms with van der Waals surface area (Å²) in [5.41, 5.74) is -2.05. The van der Waals surface area contributed by atoms with Crippen LogP contribution >= 0.6 is 11.6 Å². The van der Waals surface area contributed by atoms with Gasteiger partial charge in [-0.3, -0.25) is 10.1 Å². The van der Waals surface area contributed by atoms with Gasteiger partial charge in [-0.15, -0.1) is 0 Å². The van der Waals surface area contributed by atoms with Crippen LogP contribution in [0.25, 0.3) is 11.0 Å². The molecule has 0 aliphatic carbocycles. The van der Waals surface area contributed by atoms with E-state index in [9.17, 15) is 19.3 Å². The van der Waals surface area contributed by atoms with E-state index in [0.717, 1.165) is 12.1 Å². The lowest BCUT2D eigenvalue weighted by Crippen LogP contribution is -2.07. The number of hydrogen-bond acceptors (Lipinski definition) is 4. The Balaban J connectivity index is 2.96. The number of benzene rings is 1. The smallest absolute Gasteiger partial charge is 0.416 e. The SMILES string of the molecule is O=c1oc2ccc(F)cc2c(Cl)c1[N+](=O)[O-]. The zero-order chi connectivity index (χ0) is 11.9. The topological polar surface area (TPSA) is 73.3 Å². The molecule has 0 fully saturated rings. The minimum Gasteiger partial charge on any atom is -0.418 e. The largest absolute Gasteiger partial charge is 0.418 e. The Bertz CT molecular complexity index is 652. The Kier molecular flexibility index (Phi) is 2.35. The van der Waals surface area contributed by atoms with Crippen molar-refractivity contribution in [1.29, 1.82) is 0 Å². The number of hydrogen-bond donors (Lipinski definition) is 0. The standard InChI is InChI=1S/C9H3ClFNO4/c10-7-5-3-4(11)1-2-6(5)16-9(13)8(7)12(14)15/h1-3H. The molecule has 2 aromatic rings. The van der Waals surface area contributed by atoms with Gasteiger partial charge >= 0.3 is 11.3 Å². The first-order chi connectivity index (χ1) is 7.50. The fourth-order valence-electron chi connectivity index (χ4n) is 1.28. The lowest BCUT2D eigenvalue weighted by atomic mass is 10.2. The fraction of sp³-hybridized carbons (Fsp3) is 0. The van der Waals surface area contributed by atoms with E-state index in [0.29, 0.717) is 0 Å². The zero-order valence-corrected chi connectivity index (χ0v) is 8.32. The van der Waals surface area contributed by atoms with Crippen molar-refractivity contribution in [1.82, 2.24) is 0 Å². The van der Waals surface area contributed by atoms with Crippen LogP contribution in [0.2, 0.25) is 5.02 Å². The van der Waals surface area contributed by atoms with E-state index in [4.69, 9.17) is 11.6 Å². The van der Waals surface area contributed by atoms with E-state index in [1.54, 1.807) is 0 Å². The number of nitrogens with zero attached hydrogens (tertiary/aromatic N) is 1. The summed E-state index contributed by atoms with van der Waals surface area (Å²) in [6.45, 7) is 0. The third-order valence-electron chi connectivity index (χ3n) is 1.96. The van der Waals surface area contributed by atoms with Gasteiger partial charge in [0.1, 0.15) is 16.4 Å². The molecule has 0 saturated carbocycles. The van der Waals surface area contributed by atoms with Crippen LogP contribution in [0.4, 0.5) is 10.1 Å². The summed E-state index contributed by atoms with van der Waals surface area (Å²) in [5, 5.41) is 10.1. The highest BCUT2D eigenvalue weighted by molar-refractivity contribution is 6.37. The monoisotopic (exact) mass is 243 g/mol. The Labute approximate surface area is 92.2 Å². The Morgan fingerprint density at radius 1 is 1.44 bits per heavy atom. The van der Waals surface area contributed by atoms with Gasteiger partial charge in [-0.05, 0) is 18.2 Å². The van der Waals surface area contributed by atoms with E-state index in [1.165, 1.54) is 6.07 Å². The number of rotatable bonds is 1. The fourth-order valence-corrected chi connectivity index (χ4v) is 1.58. The minimum atomic E-state index is -1.16. The van der Waals surface area contributed by atoms with E-state index < -0.39 is 27.1 Å². The summed E-state index contributed by atoms with van der Waals surface area (Å²) in [5.74, 6) is -0.627. The predicted octanol–water partition coefficient (Wildman–Crippen LogP) is 2.49. The summed E-state index contributed by atoms with van der Waals surface area (Å²) in [7, 11) is 0. The zero-order valence-electron chi connectivity index (χ0n) is 7.57. The highest BCUT2D eigenvalue weighted by Gasteiger charge is 2.23. The first-order valence-electron chi connectivity index (χ1n) is 4.07. The lowest BCUT2D eigenvalue weighted by Gasteiger charge is -1.99. The molecule has 1 heterocycles. The van der Waals surface area contributed by atoms with Gasteiger partial charge in [0.05, 0.1) is 4.92 Å². The van der Waals surface area contributed by atoms with Crippen LogP contribution in [0.3, 0.4) is 0 Å². The Morgan fingerprint density at radius 3 is 2.75 bits per heavy atom. The van der Waals surface area contributed by atoms with Crippen molar-refractivity contribution in [2.45, 2.75) is 0 Å². The molecule has 7 heteroatoms. The predicted molar refractivity (Wildman–Crippen MR) is 54.1 cm³/mol. The van der Waals surface area contributed by atoms with Crippen molar-refractivity contribution in [2.24, 2.45) is 0 Å². The highest BCUT2D eigenvalue weighted by atomic mass is 35.5. The van der Waals surface area contributed by atoms with Gasteiger partial charge in [-0.25, -0.2) is 9.18 Å². The van der Waals surface area contributed by atoms with Gasteiger partial charge < -0.3 is 4.42 Å². The van der Waals surface area contributed by atoms with Crippen LogP contribution < -0.4 is 5.63 Å². The average molecular weight is 244 g/mol. The molecule has 0 radical (unpaired) electrons. The number of nitro groups is 1. The van der Waals surface area contributed by atoms with Crippen LogP contribution in [0.1, 0.15) is 0 Å². The summed E-state index contributed by atoms with van der Waals surface area (Å²) in [6.07, 6.45) is 0. The van der Waals surface area contributed by atoms with Crippen molar-refractivity contribution in [3.63, 3.8) is 0 Å². The Hall–Kier alpha value is -1.95. The van der Waals surface area contributed by atoms with Gasteiger partial charge in [-0.2, -0.15) is 0 Å². The van der Waals surface area contributed by atoms with E-state index in [2.05, 4.69) is 4.42 Å². The maximum atomic E-state index is 12.9. The van der Waals surface area contributed by atoms with Crippen LogP contribution in [0, 0.1) is 15.9 Å². The highest BCUT2D eigenvalue weighted by Crippen LogP contribution is 2.29. The number of halogens is 2. The maximum Gasteiger partial charge on any atom is 0.416 e. The third kappa shape index (κ3) is 1.53. The molecule has 0 spiro atoms. The van der Waals surface area contributed by atoms with Crippen LogP contribution in [-0.2, 0) is 0 Å². The molecule has 0 aliphatic heterocycles. The summed E-state index contributed by atoms with van der Waals surface area (Å²) in [4.78, 5) is 20.8. The second-order valence-corrected chi connectivity index (χ2v) is 3.33. The lowest BCUT2D eigenvalue weighted by molar-refractivity contribution is -0.387.